The summed E-state index contributed by atoms with van der Waals surface area (Å²) in [6.45, 7) is 0.692. The van der Waals surface area contributed by atoms with Gasteiger partial charge < -0.3 is 9.84 Å². The first-order chi connectivity index (χ1) is 7.65. The molecule has 1 heterocycles. The Morgan fingerprint density at radius 3 is 3.00 bits per heavy atom. The summed E-state index contributed by atoms with van der Waals surface area (Å²) in [6.07, 6.45) is 0.932. The van der Waals surface area contributed by atoms with Gasteiger partial charge in [0.1, 0.15) is 11.9 Å². The summed E-state index contributed by atoms with van der Waals surface area (Å²) in [5.41, 5.74) is 1.20. The first kappa shape index (κ1) is 11.0. The van der Waals surface area contributed by atoms with Gasteiger partial charge in [-0.2, -0.15) is 0 Å². The highest BCUT2D eigenvalue weighted by atomic mass is 16.5. The van der Waals surface area contributed by atoms with E-state index in [9.17, 15) is 4.79 Å². The first-order valence-corrected chi connectivity index (χ1v) is 5.30. The van der Waals surface area contributed by atoms with E-state index in [-0.39, 0.29) is 12.6 Å². The van der Waals surface area contributed by atoms with Crippen LogP contribution in [0.4, 0.5) is 0 Å². The molecule has 2 rings (SSSR count). The molecular weight excluding hydrogens is 206 g/mol. The molecule has 86 valence electrons. The van der Waals surface area contributed by atoms with Crippen LogP contribution in [0.5, 0.6) is 5.75 Å². The van der Waals surface area contributed by atoms with Crippen LogP contribution in [0.15, 0.2) is 24.3 Å². The average Bonchev–Trinajstić information content (AvgIpc) is 2.57. The molecule has 0 fully saturated rings. The number of carbonyl (C=O) groups is 1. The van der Waals surface area contributed by atoms with Gasteiger partial charge in [-0.05, 0) is 18.7 Å². The van der Waals surface area contributed by atoms with E-state index in [0.29, 0.717) is 6.54 Å². The van der Waals surface area contributed by atoms with Crippen molar-refractivity contribution in [2.45, 2.75) is 12.5 Å². The number of benzene rings is 1. The highest BCUT2D eigenvalue weighted by Gasteiger charge is 2.23. The van der Waals surface area contributed by atoms with Crippen LogP contribution in [0.25, 0.3) is 0 Å². The monoisotopic (exact) mass is 221 g/mol. The normalized spacial score (nSPS) is 18.2. The van der Waals surface area contributed by atoms with Gasteiger partial charge in [0.2, 0.25) is 0 Å². The lowest BCUT2D eigenvalue weighted by Gasteiger charge is -2.18. The molecule has 0 saturated carbocycles. The van der Waals surface area contributed by atoms with Crippen LogP contribution in [0.1, 0.15) is 5.56 Å². The Kier molecular flexibility index (Phi) is 3.10. The second-order valence-electron chi connectivity index (χ2n) is 4.14. The van der Waals surface area contributed by atoms with Gasteiger partial charge in [0, 0.05) is 13.0 Å². The first-order valence-electron chi connectivity index (χ1n) is 5.30. The molecule has 1 aliphatic heterocycles. The number of nitrogens with zero attached hydrogens (tertiary/aromatic N) is 1. The average molecular weight is 221 g/mol. The van der Waals surface area contributed by atoms with E-state index in [1.165, 1.54) is 5.56 Å². The number of aliphatic carboxylic acids is 1. The second kappa shape index (κ2) is 4.53. The van der Waals surface area contributed by atoms with E-state index in [0.717, 1.165) is 12.2 Å². The third-order valence-corrected chi connectivity index (χ3v) is 2.63. The molecule has 1 unspecified atom stereocenters. The minimum Gasteiger partial charge on any atom is -0.488 e. The highest BCUT2D eigenvalue weighted by Crippen LogP contribution is 2.28. The summed E-state index contributed by atoms with van der Waals surface area (Å²) >= 11 is 0. The third-order valence-electron chi connectivity index (χ3n) is 2.63. The molecule has 1 aliphatic rings. The number of carboxylic acid groups (broad SMARTS) is 1. The molecule has 16 heavy (non-hydrogen) atoms. The van der Waals surface area contributed by atoms with Gasteiger partial charge in [-0.25, -0.2) is 0 Å². The number of fused-ring (bicyclic) bond motifs is 1. The van der Waals surface area contributed by atoms with Gasteiger partial charge in [0.05, 0.1) is 6.54 Å². The topological polar surface area (TPSA) is 49.8 Å². The molecule has 1 atom stereocenters. The Morgan fingerprint density at radius 2 is 2.31 bits per heavy atom. The van der Waals surface area contributed by atoms with Crippen LogP contribution in [-0.2, 0) is 11.2 Å². The number of rotatable bonds is 4. The largest absolute Gasteiger partial charge is 0.488 e. The lowest BCUT2D eigenvalue weighted by atomic mass is 10.1. The SMILES string of the molecule is CN(CC(=O)O)CC1Cc2ccccc2O1. The molecule has 0 radical (unpaired) electrons. The van der Waals surface area contributed by atoms with Crippen molar-refractivity contribution in [3.63, 3.8) is 0 Å². The van der Waals surface area contributed by atoms with Crippen LogP contribution < -0.4 is 4.74 Å². The summed E-state index contributed by atoms with van der Waals surface area (Å²) in [4.78, 5) is 12.3. The van der Waals surface area contributed by atoms with Crippen molar-refractivity contribution in [1.29, 1.82) is 0 Å². The predicted molar refractivity (Wildman–Crippen MR) is 59.7 cm³/mol. The van der Waals surface area contributed by atoms with Crippen molar-refractivity contribution in [3.8, 4) is 5.75 Å². The van der Waals surface area contributed by atoms with Crippen LogP contribution in [0.2, 0.25) is 0 Å². The predicted octanol–water partition coefficient (Wildman–Crippen LogP) is 1.01. The fourth-order valence-corrected chi connectivity index (χ4v) is 2.00. The molecule has 0 bridgehead atoms. The quantitative estimate of drug-likeness (QED) is 0.824. The molecule has 0 amide bonds. The smallest absolute Gasteiger partial charge is 0.317 e. The molecule has 0 aromatic heterocycles. The van der Waals surface area contributed by atoms with Gasteiger partial charge in [-0.1, -0.05) is 18.2 Å². The second-order valence-corrected chi connectivity index (χ2v) is 4.14. The summed E-state index contributed by atoms with van der Waals surface area (Å²) in [7, 11) is 1.79. The summed E-state index contributed by atoms with van der Waals surface area (Å²) in [5, 5.41) is 8.65. The maximum absolute atomic E-state index is 10.5. The molecule has 0 saturated heterocycles. The maximum Gasteiger partial charge on any atom is 0.317 e. The van der Waals surface area contributed by atoms with Gasteiger partial charge in [0.15, 0.2) is 0 Å². The fourth-order valence-electron chi connectivity index (χ4n) is 2.00. The Labute approximate surface area is 94.4 Å². The van der Waals surface area contributed by atoms with E-state index in [1.807, 2.05) is 24.3 Å². The minimum absolute atomic E-state index is 0.0518. The number of para-hydroxylation sites is 1. The highest BCUT2D eigenvalue weighted by molar-refractivity contribution is 5.69. The molecule has 1 aromatic carbocycles. The van der Waals surface area contributed by atoms with E-state index in [4.69, 9.17) is 9.84 Å². The van der Waals surface area contributed by atoms with Crippen LogP contribution in [0, 0.1) is 0 Å². The van der Waals surface area contributed by atoms with E-state index < -0.39 is 5.97 Å². The lowest BCUT2D eigenvalue weighted by molar-refractivity contribution is -0.138. The number of carboxylic acids is 1. The van der Waals surface area contributed by atoms with E-state index >= 15 is 0 Å². The molecule has 4 nitrogen and oxygen atoms in total. The zero-order chi connectivity index (χ0) is 11.5. The molecule has 0 spiro atoms. The van der Waals surface area contributed by atoms with Gasteiger partial charge in [0.25, 0.3) is 0 Å². The van der Waals surface area contributed by atoms with Crippen LogP contribution in [0.3, 0.4) is 0 Å². The summed E-state index contributed by atoms with van der Waals surface area (Å²) in [6, 6.07) is 7.94. The van der Waals surface area contributed by atoms with Crippen molar-refractivity contribution in [3.05, 3.63) is 29.8 Å². The Bertz CT molecular complexity index is 367. The summed E-state index contributed by atoms with van der Waals surface area (Å²) < 4.78 is 5.72. The molecule has 1 aromatic rings. The van der Waals surface area contributed by atoms with E-state index in [1.54, 1.807) is 11.9 Å². The van der Waals surface area contributed by atoms with Crippen molar-refractivity contribution >= 4 is 5.97 Å². The van der Waals surface area contributed by atoms with Gasteiger partial charge in [-0.15, -0.1) is 0 Å². The van der Waals surface area contributed by atoms with Crippen molar-refractivity contribution in [2.75, 3.05) is 20.1 Å². The number of hydrogen-bond acceptors (Lipinski definition) is 3. The maximum atomic E-state index is 10.5. The Morgan fingerprint density at radius 1 is 1.56 bits per heavy atom. The van der Waals surface area contributed by atoms with Gasteiger partial charge in [-0.3, -0.25) is 9.69 Å². The zero-order valence-corrected chi connectivity index (χ0v) is 9.22. The molecule has 1 N–H and O–H groups in total. The molecule has 0 aliphatic carbocycles. The lowest BCUT2D eigenvalue weighted by Crippen LogP contribution is -2.35. The molecular formula is C12H15NO3. The number of hydrogen-bond donors (Lipinski definition) is 1. The number of ether oxygens (including phenoxy) is 1. The summed E-state index contributed by atoms with van der Waals surface area (Å²) in [5.74, 6) is 0.120. The van der Waals surface area contributed by atoms with Crippen molar-refractivity contribution in [2.24, 2.45) is 0 Å². The van der Waals surface area contributed by atoms with Crippen molar-refractivity contribution in [1.82, 2.24) is 4.90 Å². The van der Waals surface area contributed by atoms with Crippen molar-refractivity contribution < 1.29 is 14.6 Å². The van der Waals surface area contributed by atoms with Gasteiger partial charge >= 0.3 is 5.97 Å². The third kappa shape index (κ3) is 2.52. The van der Waals surface area contributed by atoms with E-state index in [2.05, 4.69) is 0 Å². The number of likely N-dealkylation sites (N-methyl/N-ethyl adjacent to an activating group) is 1. The van der Waals surface area contributed by atoms with Crippen LogP contribution >= 0.6 is 0 Å². The Balaban J connectivity index is 1.89. The standard InChI is InChI=1S/C12H15NO3/c1-13(8-12(14)15)7-10-6-9-4-2-3-5-11(9)16-10/h2-5,10H,6-8H2,1H3,(H,14,15). The fraction of sp³-hybridized carbons (Fsp3) is 0.417. The molecule has 4 heteroatoms. The minimum atomic E-state index is -0.807. The Hall–Kier alpha value is -1.55. The van der Waals surface area contributed by atoms with Crippen LogP contribution in [-0.4, -0.2) is 42.2 Å². The zero-order valence-electron chi connectivity index (χ0n) is 9.22.